The molecule has 1 fully saturated rings. The molecule has 0 bridgehead atoms. The minimum absolute atomic E-state index is 0.0971. The average molecular weight is 320 g/mol. The van der Waals surface area contributed by atoms with E-state index in [-0.39, 0.29) is 12.2 Å². The first-order valence-corrected chi connectivity index (χ1v) is 7.39. The molecule has 1 aliphatic carbocycles. The van der Waals surface area contributed by atoms with E-state index in [9.17, 15) is 9.59 Å². The molecule has 8 heteroatoms. The summed E-state index contributed by atoms with van der Waals surface area (Å²) in [6.45, 7) is 4.34. The van der Waals surface area contributed by atoms with Gasteiger partial charge in [-0.05, 0) is 24.7 Å². The van der Waals surface area contributed by atoms with E-state index >= 15 is 0 Å². The Kier molecular flexibility index (Phi) is 5.51. The third-order valence-electron chi connectivity index (χ3n) is 3.81. The van der Waals surface area contributed by atoms with Crippen molar-refractivity contribution >= 4 is 12.2 Å². The molecule has 8 nitrogen and oxygen atoms in total. The Hall–Kier alpha value is -2.64. The van der Waals surface area contributed by atoms with E-state index in [0.29, 0.717) is 11.8 Å². The lowest BCUT2D eigenvalue weighted by atomic mass is 9.75. The van der Waals surface area contributed by atoms with Gasteiger partial charge in [0.15, 0.2) is 0 Å². The van der Waals surface area contributed by atoms with Gasteiger partial charge in [-0.2, -0.15) is 0 Å². The Morgan fingerprint density at radius 3 is 2.09 bits per heavy atom. The molecule has 0 aromatic carbocycles. The summed E-state index contributed by atoms with van der Waals surface area (Å²) in [6, 6.07) is 0. The van der Waals surface area contributed by atoms with E-state index in [1.807, 2.05) is 0 Å². The highest BCUT2D eigenvalue weighted by Gasteiger charge is 2.36. The molecule has 2 unspecified atom stereocenters. The van der Waals surface area contributed by atoms with Crippen molar-refractivity contribution in [2.24, 2.45) is 11.8 Å². The first-order chi connectivity index (χ1) is 11.0. The smallest absolute Gasteiger partial charge is 0.419 e. The van der Waals surface area contributed by atoms with Crippen molar-refractivity contribution in [1.29, 1.82) is 0 Å². The summed E-state index contributed by atoms with van der Waals surface area (Å²) in [4.78, 5) is 28.9. The van der Waals surface area contributed by atoms with Gasteiger partial charge in [-0.1, -0.05) is 13.8 Å². The second kappa shape index (κ2) is 7.57. The highest BCUT2D eigenvalue weighted by atomic mass is 16.6. The van der Waals surface area contributed by atoms with Gasteiger partial charge < -0.3 is 9.84 Å². The Morgan fingerprint density at radius 2 is 1.74 bits per heavy atom. The number of rotatable bonds is 2. The quantitative estimate of drug-likeness (QED) is 0.913. The molecule has 23 heavy (non-hydrogen) atoms. The number of hydrogen-bond donors (Lipinski definition) is 1. The van der Waals surface area contributed by atoms with Crippen molar-refractivity contribution in [2.45, 2.75) is 32.8 Å². The fourth-order valence-corrected chi connectivity index (χ4v) is 2.33. The topological polar surface area (TPSA) is 99.2 Å². The summed E-state index contributed by atoms with van der Waals surface area (Å²) in [5.74, 6) is 1.11. The molecule has 3 rings (SSSR count). The summed E-state index contributed by atoms with van der Waals surface area (Å²) in [7, 11) is 0. The molecule has 124 valence electrons. The maximum absolute atomic E-state index is 11.6. The number of carbonyl (C=O) groups is 2. The zero-order valence-electron chi connectivity index (χ0n) is 13.1. The minimum atomic E-state index is -1.01. The molecule has 2 aromatic heterocycles. The SMILES string of the molecule is CC(C)C1CCC1OC(=O)n1ccnc1.O=C(O)n1ccnc1. The van der Waals surface area contributed by atoms with Crippen molar-refractivity contribution in [3.05, 3.63) is 37.4 Å². The van der Waals surface area contributed by atoms with Crippen LogP contribution in [0.1, 0.15) is 26.7 Å². The first-order valence-electron chi connectivity index (χ1n) is 7.39. The van der Waals surface area contributed by atoms with Crippen LogP contribution in [-0.2, 0) is 4.74 Å². The summed E-state index contributed by atoms with van der Waals surface area (Å²) in [5, 5.41) is 8.20. The number of nitrogens with zero attached hydrogens (tertiary/aromatic N) is 4. The van der Waals surface area contributed by atoms with E-state index in [1.54, 1.807) is 12.4 Å². The lowest BCUT2D eigenvalue weighted by Gasteiger charge is -2.38. The second-order valence-corrected chi connectivity index (χ2v) is 5.63. The van der Waals surface area contributed by atoms with Crippen LogP contribution < -0.4 is 0 Å². The Balaban J connectivity index is 0.000000203. The number of aromatic nitrogens is 4. The van der Waals surface area contributed by atoms with Crippen LogP contribution in [0.4, 0.5) is 9.59 Å². The van der Waals surface area contributed by atoms with E-state index < -0.39 is 6.09 Å². The molecule has 0 aliphatic heterocycles. The molecule has 2 atom stereocenters. The van der Waals surface area contributed by atoms with Crippen LogP contribution >= 0.6 is 0 Å². The van der Waals surface area contributed by atoms with Gasteiger partial charge in [0.2, 0.25) is 0 Å². The predicted octanol–water partition coefficient (Wildman–Crippen LogP) is 2.71. The molecular formula is C15H20N4O4. The van der Waals surface area contributed by atoms with Crippen LogP contribution in [0.3, 0.4) is 0 Å². The van der Waals surface area contributed by atoms with E-state index in [0.717, 1.165) is 11.0 Å². The molecule has 1 aliphatic rings. The standard InChI is InChI=1S/C11H16N2O2.C4H4N2O2/c1-8(2)9-3-4-10(9)15-11(14)13-6-5-12-7-13;7-4(8)6-2-1-5-3-6/h5-10H,3-4H2,1-2H3;1-3H,(H,7,8). The maximum Gasteiger partial charge on any atom is 0.419 e. The summed E-state index contributed by atoms with van der Waals surface area (Å²) in [6.07, 6.45) is 9.56. The van der Waals surface area contributed by atoms with Gasteiger partial charge in [0, 0.05) is 24.8 Å². The fraction of sp³-hybridized carbons (Fsp3) is 0.467. The molecular weight excluding hydrogens is 300 g/mol. The third-order valence-corrected chi connectivity index (χ3v) is 3.81. The molecule has 0 amide bonds. The van der Waals surface area contributed by atoms with Crippen LogP contribution in [0.2, 0.25) is 0 Å². The van der Waals surface area contributed by atoms with Crippen molar-refractivity contribution in [3.8, 4) is 0 Å². The number of ether oxygens (including phenoxy) is 1. The van der Waals surface area contributed by atoms with Gasteiger partial charge in [0.05, 0.1) is 0 Å². The molecule has 0 spiro atoms. The molecule has 1 N–H and O–H groups in total. The van der Waals surface area contributed by atoms with Crippen LogP contribution in [0, 0.1) is 11.8 Å². The maximum atomic E-state index is 11.6. The zero-order chi connectivity index (χ0) is 16.8. The molecule has 1 saturated carbocycles. The highest BCUT2D eigenvalue weighted by Crippen LogP contribution is 2.36. The van der Waals surface area contributed by atoms with Crippen molar-refractivity contribution in [1.82, 2.24) is 19.1 Å². The highest BCUT2D eigenvalue weighted by molar-refractivity contribution is 5.70. The van der Waals surface area contributed by atoms with E-state index in [1.165, 1.54) is 36.0 Å². The van der Waals surface area contributed by atoms with Crippen LogP contribution in [0.5, 0.6) is 0 Å². The predicted molar refractivity (Wildman–Crippen MR) is 81.1 cm³/mol. The minimum Gasteiger partial charge on any atom is -0.464 e. The second-order valence-electron chi connectivity index (χ2n) is 5.63. The molecule has 2 aromatic rings. The van der Waals surface area contributed by atoms with Gasteiger partial charge in [-0.25, -0.2) is 28.7 Å². The lowest BCUT2D eigenvalue weighted by molar-refractivity contribution is -0.0172. The average Bonchev–Trinajstić information content (AvgIpc) is 3.15. The number of carboxylic acid groups (broad SMARTS) is 1. The third kappa shape index (κ3) is 4.41. The Morgan fingerprint density at radius 1 is 1.13 bits per heavy atom. The van der Waals surface area contributed by atoms with Gasteiger partial charge in [-0.3, -0.25) is 0 Å². The van der Waals surface area contributed by atoms with E-state index in [4.69, 9.17) is 9.84 Å². The van der Waals surface area contributed by atoms with Crippen LogP contribution in [0.25, 0.3) is 0 Å². The Bertz CT molecular complexity index is 622. The molecule has 0 saturated heterocycles. The van der Waals surface area contributed by atoms with Gasteiger partial charge >= 0.3 is 12.2 Å². The number of imidazole rings is 2. The molecule has 2 heterocycles. The monoisotopic (exact) mass is 320 g/mol. The first kappa shape index (κ1) is 16.7. The van der Waals surface area contributed by atoms with Crippen molar-refractivity contribution in [2.75, 3.05) is 0 Å². The van der Waals surface area contributed by atoms with Gasteiger partial charge in [0.25, 0.3) is 0 Å². The summed E-state index contributed by atoms with van der Waals surface area (Å²) < 4.78 is 7.73. The zero-order valence-corrected chi connectivity index (χ0v) is 13.1. The number of hydrogen-bond acceptors (Lipinski definition) is 5. The van der Waals surface area contributed by atoms with Gasteiger partial charge in [0.1, 0.15) is 18.8 Å². The fourth-order valence-electron chi connectivity index (χ4n) is 2.33. The van der Waals surface area contributed by atoms with Gasteiger partial charge in [-0.15, -0.1) is 0 Å². The number of carbonyl (C=O) groups excluding carboxylic acids is 1. The largest absolute Gasteiger partial charge is 0.464 e. The van der Waals surface area contributed by atoms with Crippen molar-refractivity contribution in [3.63, 3.8) is 0 Å². The van der Waals surface area contributed by atoms with Crippen molar-refractivity contribution < 1.29 is 19.4 Å². The van der Waals surface area contributed by atoms with Crippen LogP contribution in [0.15, 0.2) is 37.4 Å². The lowest BCUT2D eigenvalue weighted by Crippen LogP contribution is -2.39. The molecule has 0 radical (unpaired) electrons. The summed E-state index contributed by atoms with van der Waals surface area (Å²) in [5.41, 5.74) is 0. The Labute approximate surface area is 133 Å². The summed E-state index contributed by atoms with van der Waals surface area (Å²) >= 11 is 0. The van der Waals surface area contributed by atoms with Crippen LogP contribution in [-0.4, -0.2) is 42.5 Å². The normalized spacial score (nSPS) is 19.4. The van der Waals surface area contributed by atoms with E-state index in [2.05, 4.69) is 23.8 Å².